The Morgan fingerprint density at radius 3 is 3.06 bits per heavy atom. The SMILES string of the molecule is Cc1c(Br)cncc1-c1cnn2c1CNCC2. The van der Waals surface area contributed by atoms with E-state index in [0.717, 1.165) is 29.7 Å². The Hall–Kier alpha value is -1.20. The first kappa shape index (κ1) is 10.9. The lowest BCUT2D eigenvalue weighted by Crippen LogP contribution is -2.28. The summed E-state index contributed by atoms with van der Waals surface area (Å²) in [6, 6.07) is 0. The van der Waals surface area contributed by atoms with Crippen molar-refractivity contribution in [1.29, 1.82) is 0 Å². The molecule has 0 aliphatic carbocycles. The number of halogens is 1. The van der Waals surface area contributed by atoms with Gasteiger partial charge < -0.3 is 5.32 Å². The van der Waals surface area contributed by atoms with Crippen LogP contribution >= 0.6 is 15.9 Å². The smallest absolute Gasteiger partial charge is 0.0601 e. The number of nitrogens with one attached hydrogen (secondary N) is 1. The molecule has 2 aromatic rings. The molecule has 17 heavy (non-hydrogen) atoms. The summed E-state index contributed by atoms with van der Waals surface area (Å²) in [6.07, 6.45) is 5.68. The second-order valence-electron chi connectivity index (χ2n) is 4.20. The number of hydrogen-bond donors (Lipinski definition) is 1. The first-order valence-corrected chi connectivity index (χ1v) is 6.42. The molecule has 0 spiro atoms. The highest BCUT2D eigenvalue weighted by Crippen LogP contribution is 2.30. The van der Waals surface area contributed by atoms with Crippen molar-refractivity contribution in [1.82, 2.24) is 20.1 Å². The van der Waals surface area contributed by atoms with Gasteiger partial charge in [-0.2, -0.15) is 5.10 Å². The van der Waals surface area contributed by atoms with Gasteiger partial charge in [0.2, 0.25) is 0 Å². The quantitative estimate of drug-likeness (QED) is 0.876. The molecular formula is C12H13BrN4. The van der Waals surface area contributed by atoms with E-state index >= 15 is 0 Å². The number of hydrogen-bond acceptors (Lipinski definition) is 3. The van der Waals surface area contributed by atoms with Crippen LogP contribution in [-0.2, 0) is 13.1 Å². The summed E-state index contributed by atoms with van der Waals surface area (Å²) in [6.45, 7) is 4.91. The van der Waals surface area contributed by atoms with E-state index in [-0.39, 0.29) is 0 Å². The molecule has 1 aliphatic rings. The Labute approximate surface area is 108 Å². The third-order valence-electron chi connectivity index (χ3n) is 3.19. The minimum atomic E-state index is 0.876. The molecule has 0 atom stereocenters. The van der Waals surface area contributed by atoms with E-state index in [0.29, 0.717) is 0 Å². The van der Waals surface area contributed by atoms with Crippen molar-refractivity contribution in [3.05, 3.63) is 34.3 Å². The second-order valence-corrected chi connectivity index (χ2v) is 5.05. The van der Waals surface area contributed by atoms with Gasteiger partial charge in [-0.1, -0.05) is 0 Å². The first-order chi connectivity index (χ1) is 8.27. The molecule has 88 valence electrons. The van der Waals surface area contributed by atoms with Gasteiger partial charge in [0, 0.05) is 41.1 Å². The fourth-order valence-electron chi connectivity index (χ4n) is 2.18. The molecular weight excluding hydrogens is 280 g/mol. The zero-order valence-corrected chi connectivity index (χ0v) is 11.2. The summed E-state index contributed by atoms with van der Waals surface area (Å²) in [7, 11) is 0. The summed E-state index contributed by atoms with van der Waals surface area (Å²) < 4.78 is 3.12. The summed E-state index contributed by atoms with van der Waals surface area (Å²) in [4.78, 5) is 4.25. The van der Waals surface area contributed by atoms with Crippen LogP contribution in [0.4, 0.5) is 0 Å². The van der Waals surface area contributed by atoms with E-state index in [9.17, 15) is 0 Å². The lowest BCUT2D eigenvalue weighted by Gasteiger charge is -2.16. The molecule has 0 fully saturated rings. The maximum atomic E-state index is 4.44. The highest BCUT2D eigenvalue weighted by molar-refractivity contribution is 9.10. The third kappa shape index (κ3) is 1.79. The van der Waals surface area contributed by atoms with Crippen LogP contribution in [-0.4, -0.2) is 21.3 Å². The van der Waals surface area contributed by atoms with Crippen LogP contribution in [0.3, 0.4) is 0 Å². The van der Waals surface area contributed by atoms with Crippen LogP contribution < -0.4 is 5.32 Å². The molecule has 1 N–H and O–H groups in total. The van der Waals surface area contributed by atoms with Gasteiger partial charge in [-0.05, 0) is 28.4 Å². The van der Waals surface area contributed by atoms with Crippen molar-refractivity contribution >= 4 is 15.9 Å². The topological polar surface area (TPSA) is 42.7 Å². The Morgan fingerprint density at radius 2 is 2.18 bits per heavy atom. The molecule has 4 nitrogen and oxygen atoms in total. The maximum Gasteiger partial charge on any atom is 0.0601 e. The molecule has 0 amide bonds. The van der Waals surface area contributed by atoms with Gasteiger partial charge in [0.25, 0.3) is 0 Å². The van der Waals surface area contributed by atoms with E-state index in [1.807, 2.05) is 18.6 Å². The molecule has 2 aromatic heterocycles. The van der Waals surface area contributed by atoms with E-state index in [1.165, 1.54) is 16.8 Å². The molecule has 0 saturated heterocycles. The summed E-state index contributed by atoms with van der Waals surface area (Å²) in [5.74, 6) is 0. The van der Waals surface area contributed by atoms with Crippen molar-refractivity contribution in [2.24, 2.45) is 0 Å². The number of nitrogens with zero attached hydrogens (tertiary/aromatic N) is 3. The van der Waals surface area contributed by atoms with Gasteiger partial charge in [-0.15, -0.1) is 0 Å². The molecule has 0 aromatic carbocycles. The summed E-state index contributed by atoms with van der Waals surface area (Å²) >= 11 is 3.52. The van der Waals surface area contributed by atoms with Crippen LogP contribution in [0, 0.1) is 6.92 Å². The Kier molecular flexibility index (Phi) is 2.72. The summed E-state index contributed by atoms with van der Waals surface area (Å²) in [5.41, 5.74) is 4.80. The summed E-state index contributed by atoms with van der Waals surface area (Å²) in [5, 5.41) is 7.82. The average Bonchev–Trinajstić information content (AvgIpc) is 2.77. The van der Waals surface area contributed by atoms with E-state index in [4.69, 9.17) is 0 Å². The van der Waals surface area contributed by atoms with Gasteiger partial charge in [0.15, 0.2) is 0 Å². The Balaban J connectivity index is 2.15. The Morgan fingerprint density at radius 1 is 1.29 bits per heavy atom. The Bertz CT molecular complexity index is 562. The van der Waals surface area contributed by atoms with Crippen LogP contribution in [0.2, 0.25) is 0 Å². The fraction of sp³-hybridized carbons (Fsp3) is 0.333. The van der Waals surface area contributed by atoms with Crippen molar-refractivity contribution in [2.45, 2.75) is 20.0 Å². The van der Waals surface area contributed by atoms with Crippen LogP contribution in [0.15, 0.2) is 23.1 Å². The molecule has 0 radical (unpaired) electrons. The molecule has 3 rings (SSSR count). The molecule has 0 bridgehead atoms. The van der Waals surface area contributed by atoms with Gasteiger partial charge in [0.1, 0.15) is 0 Å². The minimum absolute atomic E-state index is 0.876. The van der Waals surface area contributed by atoms with Crippen molar-refractivity contribution in [3.8, 4) is 11.1 Å². The minimum Gasteiger partial charge on any atom is -0.309 e. The lowest BCUT2D eigenvalue weighted by molar-refractivity contribution is 0.476. The van der Waals surface area contributed by atoms with E-state index in [2.05, 4.69) is 42.9 Å². The predicted molar refractivity (Wildman–Crippen MR) is 69.6 cm³/mol. The largest absolute Gasteiger partial charge is 0.309 e. The normalized spacial score (nSPS) is 14.7. The molecule has 5 heteroatoms. The van der Waals surface area contributed by atoms with Crippen molar-refractivity contribution < 1.29 is 0 Å². The highest BCUT2D eigenvalue weighted by atomic mass is 79.9. The van der Waals surface area contributed by atoms with Gasteiger partial charge in [-0.3, -0.25) is 9.67 Å². The zero-order chi connectivity index (χ0) is 11.8. The monoisotopic (exact) mass is 292 g/mol. The number of fused-ring (bicyclic) bond motifs is 1. The van der Waals surface area contributed by atoms with Gasteiger partial charge in [-0.25, -0.2) is 0 Å². The standard InChI is InChI=1S/C12H13BrN4/c1-8-9(4-15-6-11(8)13)10-5-16-17-3-2-14-7-12(10)17/h4-6,14H,2-3,7H2,1H3. The molecule has 1 aliphatic heterocycles. The van der Waals surface area contributed by atoms with Gasteiger partial charge in [0.05, 0.1) is 18.4 Å². The molecule has 3 heterocycles. The van der Waals surface area contributed by atoms with Gasteiger partial charge >= 0.3 is 0 Å². The maximum absolute atomic E-state index is 4.44. The molecule has 0 unspecified atom stereocenters. The predicted octanol–water partition coefficient (Wildman–Crippen LogP) is 2.12. The van der Waals surface area contributed by atoms with Crippen LogP contribution in [0.25, 0.3) is 11.1 Å². The number of pyridine rings is 1. The second kappa shape index (κ2) is 4.23. The van der Waals surface area contributed by atoms with Crippen LogP contribution in [0.5, 0.6) is 0 Å². The first-order valence-electron chi connectivity index (χ1n) is 5.63. The van der Waals surface area contributed by atoms with E-state index in [1.54, 1.807) is 0 Å². The van der Waals surface area contributed by atoms with Crippen molar-refractivity contribution in [3.63, 3.8) is 0 Å². The third-order valence-corrected chi connectivity index (χ3v) is 3.98. The lowest BCUT2D eigenvalue weighted by atomic mass is 10.0. The molecule has 0 saturated carbocycles. The van der Waals surface area contributed by atoms with Crippen LogP contribution in [0.1, 0.15) is 11.3 Å². The van der Waals surface area contributed by atoms with E-state index < -0.39 is 0 Å². The highest BCUT2D eigenvalue weighted by Gasteiger charge is 2.17. The fourth-order valence-corrected chi connectivity index (χ4v) is 2.51. The number of rotatable bonds is 1. The zero-order valence-electron chi connectivity index (χ0n) is 9.57. The number of aromatic nitrogens is 3. The average molecular weight is 293 g/mol. The van der Waals surface area contributed by atoms with Crippen molar-refractivity contribution in [2.75, 3.05) is 6.54 Å².